The zero-order valence-electron chi connectivity index (χ0n) is 12.1. The predicted molar refractivity (Wildman–Crippen MR) is 87.3 cm³/mol. The molecule has 0 radical (unpaired) electrons. The second-order valence-corrected chi connectivity index (χ2v) is 6.16. The fraction of sp³-hybridized carbons (Fsp3) is 0.294. The van der Waals surface area contributed by atoms with Gasteiger partial charge in [-0.3, -0.25) is 0 Å². The molecular weight excluding hydrogens is 314 g/mol. The van der Waals surface area contributed by atoms with Gasteiger partial charge >= 0.3 is 0 Å². The lowest BCUT2D eigenvalue weighted by Gasteiger charge is -2.12. The van der Waals surface area contributed by atoms with Crippen LogP contribution in [0.4, 0.5) is 0 Å². The van der Waals surface area contributed by atoms with Gasteiger partial charge < -0.3 is 10.5 Å². The zero-order chi connectivity index (χ0) is 14.7. The van der Waals surface area contributed by atoms with E-state index in [1.165, 1.54) is 5.56 Å². The molecule has 0 saturated carbocycles. The first-order valence-corrected chi connectivity index (χ1v) is 7.59. The van der Waals surface area contributed by atoms with E-state index in [4.69, 9.17) is 10.5 Å². The van der Waals surface area contributed by atoms with E-state index in [9.17, 15) is 0 Å². The third kappa shape index (κ3) is 3.62. The van der Waals surface area contributed by atoms with E-state index in [1.807, 2.05) is 37.3 Å². The van der Waals surface area contributed by atoms with Crippen molar-refractivity contribution in [3.63, 3.8) is 0 Å². The number of hydrogen-bond donors (Lipinski definition) is 1. The van der Waals surface area contributed by atoms with Gasteiger partial charge in [0.2, 0.25) is 0 Å². The van der Waals surface area contributed by atoms with Gasteiger partial charge in [-0.05, 0) is 64.2 Å². The van der Waals surface area contributed by atoms with Gasteiger partial charge in [0.25, 0.3) is 0 Å². The highest BCUT2D eigenvalue weighted by Crippen LogP contribution is 2.32. The van der Waals surface area contributed by atoms with Gasteiger partial charge in [-0.25, -0.2) is 0 Å². The molecule has 106 valence electrons. The smallest absolute Gasteiger partial charge is 0.141 e. The van der Waals surface area contributed by atoms with Crippen LogP contribution in [0.3, 0.4) is 0 Å². The van der Waals surface area contributed by atoms with E-state index in [0.717, 1.165) is 21.5 Å². The van der Waals surface area contributed by atoms with Crippen LogP contribution in [-0.2, 0) is 0 Å². The molecule has 20 heavy (non-hydrogen) atoms. The van der Waals surface area contributed by atoms with E-state index in [0.29, 0.717) is 5.92 Å². The van der Waals surface area contributed by atoms with Crippen LogP contribution in [-0.4, -0.2) is 0 Å². The highest BCUT2D eigenvalue weighted by Gasteiger charge is 2.07. The van der Waals surface area contributed by atoms with Crippen LogP contribution >= 0.6 is 15.9 Å². The highest BCUT2D eigenvalue weighted by atomic mass is 79.9. The van der Waals surface area contributed by atoms with Gasteiger partial charge in [-0.1, -0.05) is 32.0 Å². The maximum atomic E-state index is 5.95. The van der Waals surface area contributed by atoms with Gasteiger partial charge in [0.15, 0.2) is 0 Å². The second-order valence-electron chi connectivity index (χ2n) is 5.31. The zero-order valence-corrected chi connectivity index (χ0v) is 13.6. The summed E-state index contributed by atoms with van der Waals surface area (Å²) in [5.74, 6) is 2.14. The van der Waals surface area contributed by atoms with Crippen LogP contribution < -0.4 is 10.5 Å². The molecule has 1 atom stereocenters. The summed E-state index contributed by atoms with van der Waals surface area (Å²) < 4.78 is 6.87. The summed E-state index contributed by atoms with van der Waals surface area (Å²) in [7, 11) is 0. The largest absolute Gasteiger partial charge is 0.456 e. The van der Waals surface area contributed by atoms with E-state index >= 15 is 0 Å². The minimum absolute atomic E-state index is 0.0182. The molecule has 0 amide bonds. The number of ether oxygens (including phenoxy) is 1. The molecule has 0 fully saturated rings. The Kier molecular flexibility index (Phi) is 4.84. The van der Waals surface area contributed by atoms with Crippen molar-refractivity contribution in [3.05, 3.63) is 58.1 Å². The normalized spacial score (nSPS) is 12.5. The van der Waals surface area contributed by atoms with Gasteiger partial charge in [0, 0.05) is 6.04 Å². The van der Waals surface area contributed by atoms with E-state index in [-0.39, 0.29) is 6.04 Å². The van der Waals surface area contributed by atoms with Crippen molar-refractivity contribution < 1.29 is 4.74 Å². The molecule has 2 N–H and O–H groups in total. The molecule has 2 aromatic rings. The summed E-state index contributed by atoms with van der Waals surface area (Å²) in [4.78, 5) is 0. The number of hydrogen-bond acceptors (Lipinski definition) is 2. The predicted octanol–water partition coefficient (Wildman–Crippen LogP) is 5.38. The Balaban J connectivity index is 2.24. The molecule has 2 nitrogen and oxygen atoms in total. The average Bonchev–Trinajstić information content (AvgIpc) is 2.41. The van der Waals surface area contributed by atoms with Gasteiger partial charge in [0.05, 0.1) is 4.47 Å². The number of nitrogens with two attached hydrogens (primary N) is 1. The molecule has 0 aliphatic carbocycles. The lowest BCUT2D eigenvalue weighted by molar-refractivity contribution is 0.478. The van der Waals surface area contributed by atoms with Crippen LogP contribution in [0.2, 0.25) is 0 Å². The summed E-state index contributed by atoms with van der Waals surface area (Å²) >= 11 is 3.54. The Morgan fingerprint density at radius 2 is 1.75 bits per heavy atom. The van der Waals surface area contributed by atoms with E-state index in [1.54, 1.807) is 0 Å². The van der Waals surface area contributed by atoms with Crippen molar-refractivity contribution in [2.75, 3.05) is 0 Å². The monoisotopic (exact) mass is 333 g/mol. The van der Waals surface area contributed by atoms with Crippen molar-refractivity contribution in [1.82, 2.24) is 0 Å². The standard InChI is InChI=1S/C17H20BrNO/c1-11(2)13-5-4-6-15(9-13)20-17-8-7-14(12(3)19)10-16(17)18/h4-12H,19H2,1-3H3. The Hall–Kier alpha value is -1.32. The molecule has 0 saturated heterocycles. The molecule has 0 aliphatic heterocycles. The molecule has 0 heterocycles. The molecule has 2 rings (SSSR count). The first kappa shape index (κ1) is 15.1. The van der Waals surface area contributed by atoms with Crippen molar-refractivity contribution in [2.45, 2.75) is 32.7 Å². The van der Waals surface area contributed by atoms with Crippen LogP contribution in [0.15, 0.2) is 46.9 Å². The Bertz CT molecular complexity index is 593. The topological polar surface area (TPSA) is 35.2 Å². The third-order valence-electron chi connectivity index (χ3n) is 3.23. The van der Waals surface area contributed by atoms with Crippen LogP contribution in [0.5, 0.6) is 11.5 Å². The lowest BCUT2D eigenvalue weighted by atomic mass is 10.0. The van der Waals surface area contributed by atoms with Crippen molar-refractivity contribution in [2.24, 2.45) is 5.73 Å². The van der Waals surface area contributed by atoms with Crippen molar-refractivity contribution in [3.8, 4) is 11.5 Å². The molecular formula is C17H20BrNO. The Morgan fingerprint density at radius 1 is 1.00 bits per heavy atom. The van der Waals surface area contributed by atoms with E-state index < -0.39 is 0 Å². The first-order valence-electron chi connectivity index (χ1n) is 6.80. The molecule has 1 unspecified atom stereocenters. The first-order chi connectivity index (χ1) is 9.47. The SMILES string of the molecule is CC(C)c1cccc(Oc2ccc(C(C)N)cc2Br)c1. The molecule has 0 bridgehead atoms. The molecule has 0 spiro atoms. The minimum atomic E-state index is 0.0182. The van der Waals surface area contributed by atoms with Crippen molar-refractivity contribution >= 4 is 15.9 Å². The summed E-state index contributed by atoms with van der Waals surface area (Å²) in [6.45, 7) is 6.31. The lowest BCUT2D eigenvalue weighted by Crippen LogP contribution is -2.04. The van der Waals surface area contributed by atoms with Crippen LogP contribution in [0.25, 0.3) is 0 Å². The van der Waals surface area contributed by atoms with E-state index in [2.05, 4.69) is 41.9 Å². The van der Waals surface area contributed by atoms with Gasteiger partial charge in [-0.2, -0.15) is 0 Å². The Morgan fingerprint density at radius 3 is 2.35 bits per heavy atom. The van der Waals surface area contributed by atoms with Crippen LogP contribution in [0.1, 0.15) is 43.9 Å². The fourth-order valence-electron chi connectivity index (χ4n) is 1.95. The average molecular weight is 334 g/mol. The molecule has 2 aromatic carbocycles. The second kappa shape index (κ2) is 6.42. The summed E-state index contributed by atoms with van der Waals surface area (Å²) in [6, 6.07) is 14.2. The molecule has 0 aliphatic rings. The minimum Gasteiger partial charge on any atom is -0.456 e. The molecule has 0 aromatic heterocycles. The summed E-state index contributed by atoms with van der Waals surface area (Å²) in [5.41, 5.74) is 8.23. The Labute approximate surface area is 129 Å². The number of rotatable bonds is 4. The maximum Gasteiger partial charge on any atom is 0.141 e. The van der Waals surface area contributed by atoms with Gasteiger partial charge in [-0.15, -0.1) is 0 Å². The maximum absolute atomic E-state index is 5.95. The number of halogens is 1. The van der Waals surface area contributed by atoms with Gasteiger partial charge in [0.1, 0.15) is 11.5 Å². The summed E-state index contributed by atoms with van der Waals surface area (Å²) in [6.07, 6.45) is 0. The van der Waals surface area contributed by atoms with Crippen LogP contribution in [0, 0.1) is 0 Å². The summed E-state index contributed by atoms with van der Waals surface area (Å²) in [5, 5.41) is 0. The quantitative estimate of drug-likeness (QED) is 0.814. The molecule has 3 heteroatoms. The number of benzene rings is 2. The fourth-order valence-corrected chi connectivity index (χ4v) is 2.42. The highest BCUT2D eigenvalue weighted by molar-refractivity contribution is 9.10. The third-order valence-corrected chi connectivity index (χ3v) is 3.85. The van der Waals surface area contributed by atoms with Crippen molar-refractivity contribution in [1.29, 1.82) is 0 Å².